The highest BCUT2D eigenvalue weighted by molar-refractivity contribution is 5.73. The molecule has 0 atom stereocenters. The van der Waals surface area contributed by atoms with Gasteiger partial charge in [0.25, 0.3) is 0 Å². The van der Waals surface area contributed by atoms with E-state index in [9.17, 15) is 9.59 Å². The standard InChI is InChI=1S/C13H22N2O4/c1-2-3-4-7-10-18-12(16)14-15-13(17)19-11-8-5-6-9-11/h11H,2-10H2,1H3. The number of azo groups is 1. The third-order valence-corrected chi connectivity index (χ3v) is 3.01. The molecule has 0 bridgehead atoms. The van der Waals surface area contributed by atoms with Gasteiger partial charge in [0.1, 0.15) is 6.10 Å². The first-order valence-electron chi connectivity index (χ1n) is 7.01. The van der Waals surface area contributed by atoms with Crippen molar-refractivity contribution in [3.8, 4) is 0 Å². The predicted molar refractivity (Wildman–Crippen MR) is 69.1 cm³/mol. The van der Waals surface area contributed by atoms with Crippen LogP contribution in [0.2, 0.25) is 0 Å². The van der Waals surface area contributed by atoms with Gasteiger partial charge in [-0.1, -0.05) is 36.4 Å². The van der Waals surface area contributed by atoms with Gasteiger partial charge in [-0.15, -0.1) is 0 Å². The van der Waals surface area contributed by atoms with Crippen LogP contribution in [0.5, 0.6) is 0 Å². The fraction of sp³-hybridized carbons (Fsp3) is 0.846. The van der Waals surface area contributed by atoms with Crippen LogP contribution >= 0.6 is 0 Å². The minimum atomic E-state index is -0.833. The molecule has 0 N–H and O–H groups in total. The smallest absolute Gasteiger partial charge is 0.447 e. The Morgan fingerprint density at radius 2 is 1.74 bits per heavy atom. The quantitative estimate of drug-likeness (QED) is 0.534. The number of nitrogens with zero attached hydrogens (tertiary/aromatic N) is 2. The van der Waals surface area contributed by atoms with E-state index in [4.69, 9.17) is 9.47 Å². The Balaban J connectivity index is 2.09. The average Bonchev–Trinajstić information content (AvgIpc) is 2.89. The van der Waals surface area contributed by atoms with Crippen LogP contribution in [-0.4, -0.2) is 24.9 Å². The highest BCUT2D eigenvalue weighted by atomic mass is 16.6. The van der Waals surface area contributed by atoms with E-state index in [0.717, 1.165) is 51.4 Å². The lowest BCUT2D eigenvalue weighted by Gasteiger charge is -2.06. The van der Waals surface area contributed by atoms with Crippen molar-refractivity contribution in [1.82, 2.24) is 0 Å². The minimum absolute atomic E-state index is 0.0727. The van der Waals surface area contributed by atoms with Gasteiger partial charge in [0, 0.05) is 0 Å². The second-order valence-electron chi connectivity index (χ2n) is 4.67. The van der Waals surface area contributed by atoms with Crippen molar-refractivity contribution in [3.05, 3.63) is 0 Å². The first-order chi connectivity index (χ1) is 9.22. The predicted octanol–water partition coefficient (Wildman–Crippen LogP) is 4.23. The van der Waals surface area contributed by atoms with E-state index in [1.54, 1.807) is 0 Å². The highest BCUT2D eigenvalue weighted by Crippen LogP contribution is 2.21. The Labute approximate surface area is 113 Å². The number of amides is 2. The Kier molecular flexibility index (Phi) is 7.77. The van der Waals surface area contributed by atoms with Crippen molar-refractivity contribution in [2.24, 2.45) is 10.2 Å². The molecule has 1 rings (SSSR count). The van der Waals surface area contributed by atoms with Crippen molar-refractivity contribution in [1.29, 1.82) is 0 Å². The number of rotatable bonds is 6. The summed E-state index contributed by atoms with van der Waals surface area (Å²) < 4.78 is 9.81. The molecule has 0 unspecified atom stereocenters. The molecular formula is C13H22N2O4. The lowest BCUT2D eigenvalue weighted by atomic mass is 10.2. The normalized spacial score (nSPS) is 15.8. The Hall–Kier alpha value is -1.46. The first kappa shape index (κ1) is 15.6. The Bertz CT molecular complexity index is 312. The molecule has 1 fully saturated rings. The molecule has 0 aromatic heterocycles. The number of carbonyl (C=O) groups excluding carboxylic acids is 2. The van der Waals surface area contributed by atoms with Gasteiger partial charge >= 0.3 is 12.2 Å². The molecule has 0 aliphatic heterocycles. The second kappa shape index (κ2) is 9.47. The van der Waals surface area contributed by atoms with Crippen LogP contribution in [0.3, 0.4) is 0 Å². The van der Waals surface area contributed by atoms with E-state index in [-0.39, 0.29) is 6.10 Å². The van der Waals surface area contributed by atoms with E-state index in [1.807, 2.05) is 0 Å². The zero-order valence-electron chi connectivity index (χ0n) is 11.5. The zero-order chi connectivity index (χ0) is 13.9. The Morgan fingerprint density at radius 1 is 1.05 bits per heavy atom. The molecule has 108 valence electrons. The molecule has 0 radical (unpaired) electrons. The summed E-state index contributed by atoms with van der Waals surface area (Å²) in [6.45, 7) is 2.42. The van der Waals surface area contributed by atoms with E-state index < -0.39 is 12.2 Å². The lowest BCUT2D eigenvalue weighted by Crippen LogP contribution is -2.11. The van der Waals surface area contributed by atoms with Crippen LogP contribution in [-0.2, 0) is 9.47 Å². The monoisotopic (exact) mass is 270 g/mol. The highest BCUT2D eigenvalue weighted by Gasteiger charge is 2.19. The van der Waals surface area contributed by atoms with Gasteiger partial charge in [-0.3, -0.25) is 0 Å². The fourth-order valence-corrected chi connectivity index (χ4v) is 1.97. The topological polar surface area (TPSA) is 77.3 Å². The van der Waals surface area contributed by atoms with Gasteiger partial charge in [-0.05, 0) is 32.1 Å². The van der Waals surface area contributed by atoms with Crippen LogP contribution < -0.4 is 0 Å². The van der Waals surface area contributed by atoms with Crippen LogP contribution in [0.15, 0.2) is 10.2 Å². The number of unbranched alkanes of at least 4 members (excludes halogenated alkanes) is 3. The minimum Gasteiger partial charge on any atom is -0.447 e. The van der Waals surface area contributed by atoms with Crippen LogP contribution in [0, 0.1) is 0 Å². The molecule has 0 saturated heterocycles. The maximum absolute atomic E-state index is 11.2. The Morgan fingerprint density at radius 3 is 2.42 bits per heavy atom. The molecule has 19 heavy (non-hydrogen) atoms. The molecule has 0 heterocycles. The number of carbonyl (C=O) groups is 2. The first-order valence-corrected chi connectivity index (χ1v) is 7.01. The number of hydrogen-bond acceptors (Lipinski definition) is 4. The molecule has 0 aromatic carbocycles. The van der Waals surface area contributed by atoms with E-state index in [0.29, 0.717) is 6.61 Å². The average molecular weight is 270 g/mol. The number of hydrogen-bond donors (Lipinski definition) is 0. The number of ether oxygens (including phenoxy) is 2. The summed E-state index contributed by atoms with van der Waals surface area (Å²) in [5.74, 6) is 0. The molecule has 6 nitrogen and oxygen atoms in total. The molecule has 0 aromatic rings. The van der Waals surface area contributed by atoms with Crippen molar-refractivity contribution in [2.45, 2.75) is 64.4 Å². The maximum atomic E-state index is 11.2. The van der Waals surface area contributed by atoms with Crippen molar-refractivity contribution in [2.75, 3.05) is 6.61 Å². The molecule has 1 aliphatic carbocycles. The maximum Gasteiger partial charge on any atom is 0.452 e. The van der Waals surface area contributed by atoms with Gasteiger partial charge in [0.15, 0.2) is 0 Å². The van der Waals surface area contributed by atoms with Crippen molar-refractivity contribution >= 4 is 12.2 Å². The molecular weight excluding hydrogens is 248 g/mol. The van der Waals surface area contributed by atoms with E-state index >= 15 is 0 Å². The van der Waals surface area contributed by atoms with Crippen molar-refractivity contribution < 1.29 is 19.1 Å². The van der Waals surface area contributed by atoms with Crippen LogP contribution in [0.4, 0.5) is 9.59 Å². The molecule has 2 amide bonds. The molecule has 6 heteroatoms. The summed E-state index contributed by atoms with van der Waals surface area (Å²) in [6, 6.07) is 0. The third-order valence-electron chi connectivity index (χ3n) is 3.01. The summed E-state index contributed by atoms with van der Waals surface area (Å²) >= 11 is 0. The fourth-order valence-electron chi connectivity index (χ4n) is 1.97. The summed E-state index contributed by atoms with van der Waals surface area (Å²) in [6.07, 6.45) is 6.21. The summed E-state index contributed by atoms with van der Waals surface area (Å²) in [7, 11) is 0. The van der Waals surface area contributed by atoms with Crippen molar-refractivity contribution in [3.63, 3.8) is 0 Å². The van der Waals surface area contributed by atoms with Crippen LogP contribution in [0.25, 0.3) is 0 Å². The van der Waals surface area contributed by atoms with Crippen LogP contribution in [0.1, 0.15) is 58.3 Å². The molecule has 1 saturated carbocycles. The largest absolute Gasteiger partial charge is 0.452 e. The SMILES string of the molecule is CCCCCCOC(=O)N=NC(=O)OC1CCCC1. The summed E-state index contributed by atoms with van der Waals surface area (Å²) in [5, 5.41) is 6.37. The van der Waals surface area contributed by atoms with Gasteiger partial charge in [0.05, 0.1) is 6.61 Å². The third kappa shape index (κ3) is 7.54. The summed E-state index contributed by atoms with van der Waals surface area (Å²) in [5.41, 5.74) is 0. The summed E-state index contributed by atoms with van der Waals surface area (Å²) in [4.78, 5) is 22.4. The molecule has 0 spiro atoms. The molecule has 1 aliphatic rings. The lowest BCUT2D eigenvalue weighted by molar-refractivity contribution is 0.107. The van der Waals surface area contributed by atoms with E-state index in [2.05, 4.69) is 17.2 Å². The second-order valence-corrected chi connectivity index (χ2v) is 4.67. The van der Waals surface area contributed by atoms with Gasteiger partial charge in [-0.2, -0.15) is 0 Å². The van der Waals surface area contributed by atoms with Gasteiger partial charge in [0.2, 0.25) is 0 Å². The van der Waals surface area contributed by atoms with Gasteiger partial charge < -0.3 is 9.47 Å². The van der Waals surface area contributed by atoms with E-state index in [1.165, 1.54) is 0 Å². The zero-order valence-corrected chi connectivity index (χ0v) is 11.5. The van der Waals surface area contributed by atoms with Gasteiger partial charge in [-0.25, -0.2) is 9.59 Å².